The third kappa shape index (κ3) is 3.53. The van der Waals surface area contributed by atoms with E-state index in [0.29, 0.717) is 5.56 Å². The zero-order valence-electron chi connectivity index (χ0n) is 14.1. The summed E-state index contributed by atoms with van der Waals surface area (Å²) in [6, 6.07) is 10.8. The van der Waals surface area contributed by atoms with Crippen molar-refractivity contribution in [3.63, 3.8) is 0 Å². The van der Waals surface area contributed by atoms with Crippen LogP contribution < -0.4 is 4.90 Å². The summed E-state index contributed by atoms with van der Waals surface area (Å²) in [4.78, 5) is 13.2. The average Bonchev–Trinajstić information content (AvgIpc) is 2.63. The Balaban J connectivity index is 1.68. The summed E-state index contributed by atoms with van der Waals surface area (Å²) in [5.41, 5.74) is 3.32. The Morgan fingerprint density at radius 2 is 1.92 bits per heavy atom. The Hall–Kier alpha value is -2.10. The van der Waals surface area contributed by atoms with Crippen LogP contribution in [0.3, 0.4) is 0 Å². The minimum Gasteiger partial charge on any atom is -0.353 e. The molecule has 1 aliphatic heterocycles. The van der Waals surface area contributed by atoms with Crippen LogP contribution >= 0.6 is 11.8 Å². The summed E-state index contributed by atoms with van der Waals surface area (Å²) in [7, 11) is 0. The zero-order valence-corrected chi connectivity index (χ0v) is 14.9. The van der Waals surface area contributed by atoms with Gasteiger partial charge in [-0.15, -0.1) is 11.8 Å². The fourth-order valence-corrected chi connectivity index (χ4v) is 3.49. The molecule has 1 fully saturated rings. The van der Waals surface area contributed by atoms with Crippen LogP contribution in [-0.4, -0.2) is 47.3 Å². The monoisotopic (exact) mass is 339 g/mol. The van der Waals surface area contributed by atoms with E-state index in [1.165, 1.54) is 22.9 Å². The Morgan fingerprint density at radius 3 is 2.58 bits per heavy atom. The van der Waals surface area contributed by atoms with Gasteiger partial charge in [0.05, 0.1) is 0 Å². The number of anilines is 1. The molecular formula is C18H21N5S. The highest BCUT2D eigenvalue weighted by Gasteiger charge is 2.22. The van der Waals surface area contributed by atoms with Gasteiger partial charge in [0, 0.05) is 32.7 Å². The molecule has 124 valence electrons. The van der Waals surface area contributed by atoms with Crippen molar-refractivity contribution in [2.75, 3.05) is 37.3 Å². The first-order valence-electron chi connectivity index (χ1n) is 8.04. The predicted octanol–water partition coefficient (Wildman–Crippen LogP) is 2.70. The number of hydrogen-bond donors (Lipinski definition) is 0. The van der Waals surface area contributed by atoms with E-state index in [1.54, 1.807) is 6.33 Å². The first-order chi connectivity index (χ1) is 11.7. The lowest BCUT2D eigenvalue weighted by Crippen LogP contribution is -2.46. The van der Waals surface area contributed by atoms with Crippen molar-refractivity contribution >= 4 is 17.6 Å². The summed E-state index contributed by atoms with van der Waals surface area (Å²) in [6.07, 6.45) is 3.49. The van der Waals surface area contributed by atoms with E-state index in [2.05, 4.69) is 57.0 Å². The standard InChI is InChI=1S/C18H21N5S/c1-14-5-3-4-6-15(14)12-22-7-9-23(10-8-22)17-16(11-19)18(24-2)21-13-20-17/h3-6,13H,7-10,12H2,1-2H3. The molecule has 0 spiro atoms. The quantitative estimate of drug-likeness (QED) is 0.630. The van der Waals surface area contributed by atoms with Crippen LogP contribution in [0, 0.1) is 18.3 Å². The van der Waals surface area contributed by atoms with Gasteiger partial charge in [0.1, 0.15) is 23.0 Å². The van der Waals surface area contributed by atoms with E-state index < -0.39 is 0 Å². The number of thioether (sulfide) groups is 1. The maximum atomic E-state index is 9.46. The van der Waals surface area contributed by atoms with E-state index in [-0.39, 0.29) is 0 Å². The molecule has 0 N–H and O–H groups in total. The van der Waals surface area contributed by atoms with Gasteiger partial charge in [-0.3, -0.25) is 4.90 Å². The van der Waals surface area contributed by atoms with E-state index in [4.69, 9.17) is 0 Å². The largest absolute Gasteiger partial charge is 0.353 e. The lowest BCUT2D eigenvalue weighted by atomic mass is 10.1. The van der Waals surface area contributed by atoms with Crippen molar-refractivity contribution in [2.24, 2.45) is 0 Å². The molecule has 0 bridgehead atoms. The molecule has 1 saturated heterocycles. The van der Waals surface area contributed by atoms with Gasteiger partial charge >= 0.3 is 0 Å². The molecule has 0 radical (unpaired) electrons. The Labute approximate surface area is 147 Å². The molecule has 0 unspecified atom stereocenters. The van der Waals surface area contributed by atoms with Gasteiger partial charge in [-0.1, -0.05) is 24.3 Å². The van der Waals surface area contributed by atoms with Gasteiger partial charge in [0.25, 0.3) is 0 Å². The minimum absolute atomic E-state index is 0.595. The average molecular weight is 339 g/mol. The molecule has 6 heteroatoms. The second-order valence-corrected chi connectivity index (χ2v) is 6.68. The van der Waals surface area contributed by atoms with Gasteiger partial charge in [0.15, 0.2) is 5.82 Å². The van der Waals surface area contributed by atoms with Crippen LogP contribution in [0.2, 0.25) is 0 Å². The minimum atomic E-state index is 0.595. The first-order valence-corrected chi connectivity index (χ1v) is 9.26. The number of aryl methyl sites for hydroxylation is 1. The van der Waals surface area contributed by atoms with Crippen molar-refractivity contribution in [2.45, 2.75) is 18.5 Å². The molecule has 2 heterocycles. The Kier molecular flexibility index (Phi) is 5.34. The lowest BCUT2D eigenvalue weighted by molar-refractivity contribution is 0.249. The topological polar surface area (TPSA) is 56.1 Å². The number of nitrogens with zero attached hydrogens (tertiary/aromatic N) is 5. The molecule has 0 saturated carbocycles. The Bertz CT molecular complexity index is 747. The van der Waals surface area contributed by atoms with Crippen LogP contribution in [-0.2, 0) is 6.54 Å². The maximum absolute atomic E-state index is 9.46. The molecule has 0 atom stereocenters. The van der Waals surface area contributed by atoms with Gasteiger partial charge in [-0.25, -0.2) is 9.97 Å². The van der Waals surface area contributed by atoms with E-state index in [9.17, 15) is 5.26 Å². The lowest BCUT2D eigenvalue weighted by Gasteiger charge is -2.36. The fourth-order valence-electron chi connectivity index (χ4n) is 3.00. The number of nitriles is 1. The summed E-state index contributed by atoms with van der Waals surface area (Å²) in [6.45, 7) is 6.84. The van der Waals surface area contributed by atoms with E-state index in [0.717, 1.165) is 43.6 Å². The van der Waals surface area contributed by atoms with Crippen LogP contribution in [0.15, 0.2) is 35.6 Å². The summed E-state index contributed by atoms with van der Waals surface area (Å²) in [5, 5.41) is 10.2. The van der Waals surface area contributed by atoms with Crippen LogP contribution in [0.25, 0.3) is 0 Å². The highest BCUT2D eigenvalue weighted by molar-refractivity contribution is 7.98. The molecule has 3 rings (SSSR count). The zero-order chi connectivity index (χ0) is 16.9. The van der Waals surface area contributed by atoms with E-state index >= 15 is 0 Å². The van der Waals surface area contributed by atoms with Crippen molar-refractivity contribution in [3.05, 3.63) is 47.3 Å². The van der Waals surface area contributed by atoms with Gasteiger partial charge in [0.2, 0.25) is 0 Å². The van der Waals surface area contributed by atoms with Crippen molar-refractivity contribution in [1.82, 2.24) is 14.9 Å². The molecule has 0 amide bonds. The third-order valence-electron chi connectivity index (χ3n) is 4.42. The molecule has 24 heavy (non-hydrogen) atoms. The smallest absolute Gasteiger partial charge is 0.151 e. The van der Waals surface area contributed by atoms with Crippen molar-refractivity contribution in [1.29, 1.82) is 5.26 Å². The highest BCUT2D eigenvalue weighted by Crippen LogP contribution is 2.25. The number of rotatable bonds is 4. The molecule has 1 aromatic carbocycles. The molecule has 1 aliphatic rings. The third-order valence-corrected chi connectivity index (χ3v) is 5.12. The second-order valence-electron chi connectivity index (χ2n) is 5.88. The van der Waals surface area contributed by atoms with Crippen molar-refractivity contribution < 1.29 is 0 Å². The molecule has 5 nitrogen and oxygen atoms in total. The fraction of sp³-hybridized carbons (Fsp3) is 0.389. The molecule has 1 aromatic heterocycles. The van der Waals surface area contributed by atoms with Crippen LogP contribution in [0.4, 0.5) is 5.82 Å². The molecular weight excluding hydrogens is 318 g/mol. The van der Waals surface area contributed by atoms with Gasteiger partial charge < -0.3 is 4.90 Å². The maximum Gasteiger partial charge on any atom is 0.151 e. The predicted molar refractivity (Wildman–Crippen MR) is 97.2 cm³/mol. The normalized spacial score (nSPS) is 15.3. The number of benzene rings is 1. The Morgan fingerprint density at radius 1 is 1.17 bits per heavy atom. The molecule has 0 aliphatic carbocycles. The van der Waals surface area contributed by atoms with Gasteiger partial charge in [-0.2, -0.15) is 5.26 Å². The summed E-state index contributed by atoms with van der Waals surface area (Å²) in [5.74, 6) is 0.771. The number of piperazine rings is 1. The number of hydrogen-bond acceptors (Lipinski definition) is 6. The van der Waals surface area contributed by atoms with Crippen LogP contribution in [0.5, 0.6) is 0 Å². The first kappa shape index (κ1) is 16.7. The van der Waals surface area contributed by atoms with Crippen LogP contribution in [0.1, 0.15) is 16.7 Å². The summed E-state index contributed by atoms with van der Waals surface area (Å²) < 4.78 is 0. The molecule has 2 aromatic rings. The van der Waals surface area contributed by atoms with Crippen molar-refractivity contribution in [3.8, 4) is 6.07 Å². The SMILES string of the molecule is CSc1ncnc(N2CCN(Cc3ccccc3C)CC2)c1C#N. The van der Waals surface area contributed by atoms with E-state index in [1.807, 2.05) is 6.26 Å². The van der Waals surface area contributed by atoms with Gasteiger partial charge in [-0.05, 0) is 24.3 Å². The second kappa shape index (κ2) is 7.65. The highest BCUT2D eigenvalue weighted by atomic mass is 32.2. The summed E-state index contributed by atoms with van der Waals surface area (Å²) >= 11 is 1.49. The number of aromatic nitrogens is 2.